The van der Waals surface area contributed by atoms with E-state index in [1.807, 2.05) is 13.0 Å². The lowest BCUT2D eigenvalue weighted by Crippen LogP contribution is -2.12. The Morgan fingerprint density at radius 2 is 1.92 bits per heavy atom. The zero-order chi connectivity index (χ0) is 18.3. The van der Waals surface area contributed by atoms with Crippen LogP contribution in [0, 0.1) is 11.3 Å². The van der Waals surface area contributed by atoms with E-state index in [1.165, 1.54) is 0 Å². The molecule has 2 aromatic heterocycles. The first-order valence-corrected chi connectivity index (χ1v) is 8.49. The van der Waals surface area contributed by atoms with E-state index in [1.54, 1.807) is 24.5 Å². The molecule has 0 atom stereocenters. The minimum atomic E-state index is 0.178. The summed E-state index contributed by atoms with van der Waals surface area (Å²) in [5.41, 5.74) is 11.3. The molecule has 1 aliphatic rings. The molecule has 0 fully saturated rings. The summed E-state index contributed by atoms with van der Waals surface area (Å²) in [6.45, 7) is 1.99. The number of hydrogen-bond acceptors (Lipinski definition) is 6. The van der Waals surface area contributed by atoms with Gasteiger partial charge in [0.15, 0.2) is 0 Å². The molecule has 1 aliphatic carbocycles. The van der Waals surface area contributed by atoms with E-state index in [4.69, 9.17) is 5.73 Å². The molecule has 0 saturated heterocycles. The summed E-state index contributed by atoms with van der Waals surface area (Å²) in [6, 6.07) is 7.57. The molecule has 26 heavy (non-hydrogen) atoms. The van der Waals surface area contributed by atoms with Gasteiger partial charge in [0, 0.05) is 41.1 Å². The van der Waals surface area contributed by atoms with Crippen molar-refractivity contribution >= 4 is 5.82 Å². The molecule has 0 saturated carbocycles. The number of phenols is 1. The summed E-state index contributed by atoms with van der Waals surface area (Å²) in [5.74, 6) is 1.19. The highest BCUT2D eigenvalue weighted by Gasteiger charge is 2.26. The van der Waals surface area contributed by atoms with Gasteiger partial charge < -0.3 is 10.8 Å². The molecule has 3 aromatic rings. The van der Waals surface area contributed by atoms with E-state index >= 15 is 0 Å². The first kappa shape index (κ1) is 16.0. The Kier molecular flexibility index (Phi) is 3.77. The standard InChI is InChI=1S/C20H17N5O/c1-2-17-23-9-11(10-24-17)18-14-7-6-12-13(4-3-5-16(12)26)19(14)25-20(22)15(18)8-21/h3-5,9-10,26H,2,6-7H2,1H3,(H2,22,25). The van der Waals surface area contributed by atoms with Gasteiger partial charge in [0.25, 0.3) is 0 Å². The Bertz CT molecular complexity index is 1050. The molecule has 0 spiro atoms. The zero-order valence-electron chi connectivity index (χ0n) is 14.3. The highest BCUT2D eigenvalue weighted by molar-refractivity contribution is 5.86. The first-order chi connectivity index (χ1) is 12.6. The smallest absolute Gasteiger partial charge is 0.142 e. The molecule has 6 nitrogen and oxygen atoms in total. The van der Waals surface area contributed by atoms with Crippen LogP contribution in [-0.2, 0) is 19.3 Å². The highest BCUT2D eigenvalue weighted by atomic mass is 16.3. The van der Waals surface area contributed by atoms with E-state index in [-0.39, 0.29) is 11.6 Å². The molecule has 4 rings (SSSR count). The maximum Gasteiger partial charge on any atom is 0.142 e. The molecule has 128 valence electrons. The molecular formula is C20H17N5O. The predicted molar refractivity (Wildman–Crippen MR) is 98.3 cm³/mol. The van der Waals surface area contributed by atoms with Crippen LogP contribution < -0.4 is 5.73 Å². The van der Waals surface area contributed by atoms with E-state index in [0.29, 0.717) is 24.1 Å². The summed E-state index contributed by atoms with van der Waals surface area (Å²) in [5, 5.41) is 19.8. The number of aromatic hydroxyl groups is 1. The number of benzene rings is 1. The Balaban J connectivity index is 2.02. The topological polar surface area (TPSA) is 109 Å². The fraction of sp³-hybridized carbons (Fsp3) is 0.200. The van der Waals surface area contributed by atoms with Crippen LogP contribution in [0.15, 0.2) is 30.6 Å². The van der Waals surface area contributed by atoms with Gasteiger partial charge in [-0.05, 0) is 24.5 Å². The molecule has 1 aromatic carbocycles. The molecule has 6 heteroatoms. The van der Waals surface area contributed by atoms with Crippen LogP contribution in [0.5, 0.6) is 5.75 Å². The van der Waals surface area contributed by atoms with Crippen LogP contribution in [0.3, 0.4) is 0 Å². The third-order valence-corrected chi connectivity index (χ3v) is 4.78. The van der Waals surface area contributed by atoms with Crippen molar-refractivity contribution in [3.05, 3.63) is 53.1 Å². The Hall–Kier alpha value is -3.46. The van der Waals surface area contributed by atoms with Gasteiger partial charge >= 0.3 is 0 Å². The quantitative estimate of drug-likeness (QED) is 0.740. The predicted octanol–water partition coefficient (Wildman–Crippen LogP) is 3.03. The van der Waals surface area contributed by atoms with Crippen molar-refractivity contribution in [1.82, 2.24) is 15.0 Å². The lowest BCUT2D eigenvalue weighted by Gasteiger charge is -2.23. The number of nitrogens with two attached hydrogens (primary N) is 1. The summed E-state index contributed by atoms with van der Waals surface area (Å²) in [7, 11) is 0. The Labute approximate surface area is 151 Å². The van der Waals surface area contributed by atoms with Gasteiger partial charge in [-0.3, -0.25) is 0 Å². The number of anilines is 1. The number of nitrogens with zero attached hydrogens (tertiary/aromatic N) is 4. The van der Waals surface area contributed by atoms with Gasteiger partial charge in [0.05, 0.1) is 5.69 Å². The highest BCUT2D eigenvalue weighted by Crippen LogP contribution is 2.42. The van der Waals surface area contributed by atoms with Crippen molar-refractivity contribution in [2.24, 2.45) is 0 Å². The van der Waals surface area contributed by atoms with Crippen LogP contribution >= 0.6 is 0 Å². The lowest BCUT2D eigenvalue weighted by molar-refractivity contribution is 0.468. The molecule has 0 amide bonds. The number of aryl methyl sites for hydroxylation is 1. The summed E-state index contributed by atoms with van der Waals surface area (Å²) >= 11 is 0. The third-order valence-electron chi connectivity index (χ3n) is 4.78. The zero-order valence-corrected chi connectivity index (χ0v) is 14.3. The van der Waals surface area contributed by atoms with Crippen LogP contribution in [0.1, 0.15) is 29.4 Å². The van der Waals surface area contributed by atoms with Crippen molar-refractivity contribution < 1.29 is 5.11 Å². The van der Waals surface area contributed by atoms with Crippen LogP contribution in [-0.4, -0.2) is 20.1 Å². The molecule has 3 N–H and O–H groups in total. The van der Waals surface area contributed by atoms with Gasteiger partial charge in [0.1, 0.15) is 29.0 Å². The molecule has 2 heterocycles. The van der Waals surface area contributed by atoms with Gasteiger partial charge in [-0.1, -0.05) is 19.1 Å². The summed E-state index contributed by atoms with van der Waals surface area (Å²) < 4.78 is 0. The monoisotopic (exact) mass is 343 g/mol. The SMILES string of the molecule is CCc1ncc(-c2c(C#N)c(N)nc3c2CCc2c(O)cccc2-3)cn1. The number of nitrogen functional groups attached to an aromatic ring is 1. The van der Waals surface area contributed by atoms with Crippen LogP contribution in [0.25, 0.3) is 22.4 Å². The molecule has 0 unspecified atom stereocenters. The van der Waals surface area contributed by atoms with E-state index in [0.717, 1.165) is 40.1 Å². The fourth-order valence-electron chi connectivity index (χ4n) is 3.51. The number of rotatable bonds is 2. The normalized spacial score (nSPS) is 12.2. The second-order valence-corrected chi connectivity index (χ2v) is 6.23. The number of fused-ring (bicyclic) bond motifs is 3. The number of aromatic nitrogens is 3. The average molecular weight is 343 g/mol. The molecule has 0 radical (unpaired) electrons. The average Bonchev–Trinajstić information content (AvgIpc) is 2.67. The van der Waals surface area contributed by atoms with Crippen molar-refractivity contribution in [1.29, 1.82) is 5.26 Å². The molecule has 0 aliphatic heterocycles. The van der Waals surface area contributed by atoms with Gasteiger partial charge in [0.2, 0.25) is 0 Å². The molecular weight excluding hydrogens is 326 g/mol. The Morgan fingerprint density at radius 1 is 1.19 bits per heavy atom. The maximum atomic E-state index is 10.2. The number of nitriles is 1. The number of hydrogen-bond donors (Lipinski definition) is 2. The number of pyridine rings is 1. The second-order valence-electron chi connectivity index (χ2n) is 6.23. The van der Waals surface area contributed by atoms with Crippen molar-refractivity contribution in [2.75, 3.05) is 5.73 Å². The number of phenolic OH excluding ortho intramolecular Hbond substituents is 1. The van der Waals surface area contributed by atoms with Crippen molar-refractivity contribution in [3.8, 4) is 34.2 Å². The summed E-state index contributed by atoms with van der Waals surface area (Å²) in [6.07, 6.45) is 5.55. The third kappa shape index (κ3) is 2.37. The van der Waals surface area contributed by atoms with Gasteiger partial charge in [-0.2, -0.15) is 5.26 Å². The summed E-state index contributed by atoms with van der Waals surface area (Å²) in [4.78, 5) is 13.2. The van der Waals surface area contributed by atoms with E-state index in [9.17, 15) is 10.4 Å². The Morgan fingerprint density at radius 3 is 2.62 bits per heavy atom. The first-order valence-electron chi connectivity index (χ1n) is 8.49. The van der Waals surface area contributed by atoms with Crippen LogP contribution in [0.4, 0.5) is 5.82 Å². The van der Waals surface area contributed by atoms with Gasteiger partial charge in [-0.15, -0.1) is 0 Å². The van der Waals surface area contributed by atoms with E-state index in [2.05, 4.69) is 21.0 Å². The van der Waals surface area contributed by atoms with E-state index < -0.39 is 0 Å². The molecule has 0 bridgehead atoms. The largest absolute Gasteiger partial charge is 0.508 e. The van der Waals surface area contributed by atoms with Crippen molar-refractivity contribution in [3.63, 3.8) is 0 Å². The van der Waals surface area contributed by atoms with Crippen molar-refractivity contribution in [2.45, 2.75) is 26.2 Å². The minimum absolute atomic E-state index is 0.178. The second kappa shape index (κ2) is 6.12. The maximum absolute atomic E-state index is 10.2. The fourth-order valence-corrected chi connectivity index (χ4v) is 3.51. The lowest BCUT2D eigenvalue weighted by atomic mass is 9.83. The van der Waals surface area contributed by atoms with Crippen LogP contribution in [0.2, 0.25) is 0 Å². The minimum Gasteiger partial charge on any atom is -0.508 e. The van der Waals surface area contributed by atoms with Gasteiger partial charge in [-0.25, -0.2) is 15.0 Å².